The zero-order valence-electron chi connectivity index (χ0n) is 14.4. The van der Waals surface area contributed by atoms with Gasteiger partial charge in [0.2, 0.25) is 0 Å². The van der Waals surface area contributed by atoms with Crippen LogP contribution in [0.1, 0.15) is 16.1 Å². The maximum absolute atomic E-state index is 12.4. The van der Waals surface area contributed by atoms with E-state index in [2.05, 4.69) is 16.6 Å². The van der Waals surface area contributed by atoms with Crippen LogP contribution in [0.3, 0.4) is 0 Å². The molecule has 0 saturated heterocycles. The van der Waals surface area contributed by atoms with Crippen molar-refractivity contribution < 1.29 is 19.7 Å². The summed E-state index contributed by atoms with van der Waals surface area (Å²) in [6.45, 7) is 1.67. The molecule has 0 saturated carbocycles. The van der Waals surface area contributed by atoms with Crippen LogP contribution in [-0.2, 0) is 0 Å². The molecule has 3 rings (SSSR count). The standard InChI is InChI=1S/C19H18N3O4.Cm/c1-13-9-10-20-22(13)16-7-5-15(6-8-16)21-19(25)14-3-2-4-17(11-14)26-12-18(23)24;/h2-9,11,18,23-24H,12H2,1H3,(H,21,25);/q-1;. The quantitative estimate of drug-likeness (QED) is 0.298. The molecule has 1 heterocycles. The number of rotatable bonds is 6. The van der Waals surface area contributed by atoms with Gasteiger partial charge in [-0.3, -0.25) is 4.79 Å². The summed E-state index contributed by atoms with van der Waals surface area (Å²) in [6, 6.07) is 15.6. The van der Waals surface area contributed by atoms with Crippen LogP contribution in [-0.4, -0.2) is 38.8 Å². The van der Waals surface area contributed by atoms with Crippen LogP contribution in [0, 0.1) is 13.1 Å². The summed E-state index contributed by atoms with van der Waals surface area (Å²) in [7, 11) is 0. The normalized spacial score (nSPS) is 10.4. The van der Waals surface area contributed by atoms with Crippen molar-refractivity contribution in [2.75, 3.05) is 11.9 Å². The molecule has 142 valence electrons. The fraction of sp³-hybridized carbons (Fsp3) is 0.158. The predicted octanol–water partition coefficient (Wildman–Crippen LogP) is 1.92. The van der Waals surface area contributed by atoms with Gasteiger partial charge in [-0.1, -0.05) is 13.0 Å². The fourth-order valence-electron chi connectivity index (χ4n) is 2.37. The first-order valence-electron chi connectivity index (χ1n) is 7.96. The molecule has 0 radical (unpaired) electrons. The van der Waals surface area contributed by atoms with E-state index in [0.717, 1.165) is 11.4 Å². The van der Waals surface area contributed by atoms with Gasteiger partial charge in [0, 0.05) is 16.9 Å². The number of benzene rings is 2. The van der Waals surface area contributed by atoms with E-state index in [-0.39, 0.29) is 12.5 Å². The number of nitrogens with one attached hydrogen (secondary N) is 1. The third kappa shape index (κ3) is 4.68. The van der Waals surface area contributed by atoms with Crippen molar-refractivity contribution in [1.82, 2.24) is 9.78 Å². The Morgan fingerprint density at radius 1 is 1.26 bits per heavy atom. The van der Waals surface area contributed by atoms with Crippen LogP contribution in [0.15, 0.2) is 54.6 Å². The van der Waals surface area contributed by atoms with E-state index >= 15 is 0 Å². The first kappa shape index (κ1) is 19.2. The number of nitrogens with zero attached hydrogens (tertiary/aromatic N) is 2. The van der Waals surface area contributed by atoms with Gasteiger partial charge in [-0.05, 0) is 42.5 Å². The van der Waals surface area contributed by atoms with Crippen molar-refractivity contribution in [2.45, 2.75) is 13.2 Å². The minimum Gasteiger partial charge on any atom is -0.488 e. The minimum absolute atomic E-state index is 0. The molecule has 3 N–H and O–H groups in total. The van der Waals surface area contributed by atoms with Crippen molar-refractivity contribution in [3.63, 3.8) is 0 Å². The molecule has 0 atom stereocenters. The number of carbonyl (C=O) groups is 1. The summed E-state index contributed by atoms with van der Waals surface area (Å²) in [4.78, 5) is 12.4. The largest absolute Gasteiger partial charge is 0.488 e. The van der Waals surface area contributed by atoms with Gasteiger partial charge in [-0.25, -0.2) is 0 Å². The molecule has 0 aliphatic heterocycles. The summed E-state index contributed by atoms with van der Waals surface area (Å²) < 4.78 is 6.94. The summed E-state index contributed by atoms with van der Waals surface area (Å²) >= 11 is 0. The Kier molecular flexibility index (Phi) is 5.88. The summed E-state index contributed by atoms with van der Waals surface area (Å²) in [5.41, 5.74) is 2.88. The zero-order chi connectivity index (χ0) is 18.5. The second-order valence-electron chi connectivity index (χ2n) is 5.65. The number of carbonyl (C=O) groups excluding carboxylic acids is 1. The van der Waals surface area contributed by atoms with E-state index in [9.17, 15) is 4.79 Å². The Morgan fingerprint density at radius 2 is 2.00 bits per heavy atom. The molecule has 0 aliphatic carbocycles. The SMILES string of the molecule is Cc1c[c-]nn1-c1ccc(NC(=O)c2cccc(OCC(O)O)c2)cc1.[Cm]. The second-order valence-corrected chi connectivity index (χ2v) is 5.65. The zero-order valence-corrected chi connectivity index (χ0v) is 17.4. The van der Waals surface area contributed by atoms with E-state index in [0.29, 0.717) is 17.0 Å². The Hall–Kier alpha value is -4.16. The van der Waals surface area contributed by atoms with E-state index in [1.54, 1.807) is 41.1 Å². The van der Waals surface area contributed by atoms with Gasteiger partial charge in [-0.15, -0.1) is 11.9 Å². The number of aliphatic hydroxyl groups is 2. The Morgan fingerprint density at radius 3 is 2.63 bits per heavy atom. The van der Waals surface area contributed by atoms with Gasteiger partial charge in [0.1, 0.15) is 12.4 Å². The third-order valence-electron chi connectivity index (χ3n) is 3.63. The van der Waals surface area contributed by atoms with Crippen LogP contribution in [0.5, 0.6) is 5.75 Å². The average molecular weight is 599 g/mol. The molecule has 7 nitrogen and oxygen atoms in total. The van der Waals surface area contributed by atoms with E-state index in [1.165, 1.54) is 6.07 Å². The molecular formula is C19H18CmN3O4-. The van der Waals surface area contributed by atoms with Crippen LogP contribution < -0.4 is 10.1 Å². The smallest absolute Gasteiger partial charge is 0.255 e. The molecule has 3 aromatic rings. The predicted molar refractivity (Wildman–Crippen MR) is 95.3 cm³/mol. The van der Waals surface area contributed by atoms with Crippen molar-refractivity contribution in [1.29, 1.82) is 0 Å². The Labute approximate surface area is 150 Å². The van der Waals surface area contributed by atoms with Crippen LogP contribution in [0.2, 0.25) is 0 Å². The number of aromatic nitrogens is 2. The van der Waals surface area contributed by atoms with Crippen molar-refractivity contribution in [2.24, 2.45) is 0 Å². The van der Waals surface area contributed by atoms with Gasteiger partial charge < -0.3 is 30.0 Å². The van der Waals surface area contributed by atoms with Gasteiger partial charge in [0.05, 0.1) is 0 Å². The number of anilines is 1. The summed E-state index contributed by atoms with van der Waals surface area (Å²) in [5, 5.41) is 24.6. The topological polar surface area (TPSA) is 96.6 Å². The number of amides is 1. The first-order valence-corrected chi connectivity index (χ1v) is 7.96. The Balaban J connectivity index is 0.00000261. The molecule has 8 heteroatoms. The number of aliphatic hydroxyl groups excluding tert-OH is 1. The molecule has 27 heavy (non-hydrogen) atoms. The van der Waals surface area contributed by atoms with E-state index < -0.39 is 6.29 Å². The van der Waals surface area contributed by atoms with Gasteiger partial charge in [-0.2, -0.15) is 6.07 Å². The Bertz CT molecular complexity index is 894. The molecule has 0 spiro atoms. The minimum atomic E-state index is -1.57. The van der Waals surface area contributed by atoms with E-state index in [4.69, 9.17) is 14.9 Å². The van der Waals surface area contributed by atoms with Crippen molar-refractivity contribution in [3.8, 4) is 11.4 Å². The van der Waals surface area contributed by atoms with Crippen LogP contribution in [0.25, 0.3) is 5.69 Å². The second kappa shape index (κ2) is 8.28. The molecule has 1 aromatic heterocycles. The third-order valence-corrected chi connectivity index (χ3v) is 3.63. The van der Waals surface area contributed by atoms with Gasteiger partial charge >= 0.3 is 0 Å². The molecular weight excluding hydrogens is 581 g/mol. The number of hydrogen-bond acceptors (Lipinski definition) is 5. The van der Waals surface area contributed by atoms with Crippen molar-refractivity contribution in [3.05, 3.63) is 72.1 Å². The maximum atomic E-state index is 12.4. The molecule has 0 unspecified atom stereocenters. The average Bonchev–Trinajstić information content (AvgIpc) is 3.07. The molecule has 2 aromatic carbocycles. The molecule has 0 fully saturated rings. The maximum Gasteiger partial charge on any atom is 0.255 e. The number of aryl methyl sites for hydroxylation is 1. The first-order chi connectivity index (χ1) is 12.5. The van der Waals surface area contributed by atoms with Crippen LogP contribution >= 0.6 is 0 Å². The fourth-order valence-corrected chi connectivity index (χ4v) is 2.37. The number of ether oxygens (including phenoxy) is 1. The van der Waals surface area contributed by atoms with Gasteiger partial charge in [0.25, 0.3) is 5.91 Å². The van der Waals surface area contributed by atoms with Gasteiger partial charge in [0.15, 0.2) is 6.29 Å². The van der Waals surface area contributed by atoms with Crippen LogP contribution in [0.4, 0.5) is 5.69 Å². The summed E-state index contributed by atoms with van der Waals surface area (Å²) in [6.07, 6.45) is 1.22. The molecule has 0 aliphatic rings. The van der Waals surface area contributed by atoms with Crippen molar-refractivity contribution >= 4 is 11.6 Å². The molecule has 0 bridgehead atoms. The number of hydrogen-bond donors (Lipinski definition) is 3. The molecule has 1 amide bonds. The monoisotopic (exact) mass is 595 g/mol. The van der Waals surface area contributed by atoms with E-state index in [1.807, 2.05) is 19.1 Å². The summed E-state index contributed by atoms with van der Waals surface area (Å²) in [5.74, 6) is 0.0860.